The third-order valence-corrected chi connectivity index (χ3v) is 7.79. The van der Waals surface area contributed by atoms with Crippen LogP contribution in [0.25, 0.3) is 0 Å². The van der Waals surface area contributed by atoms with Crippen molar-refractivity contribution < 1.29 is 18.3 Å². The molecule has 3 fully saturated rings. The highest BCUT2D eigenvalue weighted by Crippen LogP contribution is 2.56. The number of hydrogen-bond donors (Lipinski definition) is 0. The second kappa shape index (κ2) is 7.26. The van der Waals surface area contributed by atoms with Crippen LogP contribution >= 0.6 is 0 Å². The molecule has 1 aromatic carbocycles. The number of halogens is 2. The van der Waals surface area contributed by atoms with E-state index in [9.17, 15) is 8.78 Å². The summed E-state index contributed by atoms with van der Waals surface area (Å²) < 4.78 is 37.2. The standard InChI is InChI=1S/C22H27B2F2NO2/c23-22(24,20(25)26)29-15-5-4-14-11-19-17-3-1-2-7-21(17,18(14)12-15)8-9-27(19)13-16-6-10-28-16/h4-5,12,16-17,19-20H,1-3,6-11,13H2/t16?,17-,19+,21+/m1/s1. The lowest BCUT2D eigenvalue weighted by atomic mass is 9.52. The fraction of sp³-hybridized carbons (Fsp3) is 0.727. The maximum absolute atomic E-state index is 13.1. The quantitative estimate of drug-likeness (QED) is 0.713. The van der Waals surface area contributed by atoms with E-state index in [1.807, 2.05) is 12.1 Å². The van der Waals surface area contributed by atoms with E-state index in [-0.39, 0.29) is 5.41 Å². The molecule has 2 aliphatic heterocycles. The van der Waals surface area contributed by atoms with Crippen LogP contribution in [-0.4, -0.2) is 64.3 Å². The molecule has 4 atom stereocenters. The van der Waals surface area contributed by atoms with Crippen LogP contribution in [0.3, 0.4) is 0 Å². The monoisotopic (exact) mass is 397 g/mol. The fourth-order valence-corrected chi connectivity index (χ4v) is 6.29. The largest absolute Gasteiger partial charge is 0.501 e. The lowest BCUT2D eigenvalue weighted by molar-refractivity contribution is -0.0947. The average Bonchev–Trinajstić information content (AvgIpc) is 2.66. The number of benzene rings is 1. The van der Waals surface area contributed by atoms with Gasteiger partial charge in [0.05, 0.1) is 11.5 Å². The molecule has 4 radical (unpaired) electrons. The topological polar surface area (TPSA) is 21.7 Å². The summed E-state index contributed by atoms with van der Waals surface area (Å²) in [7, 11) is 10.9. The number of likely N-dealkylation sites (tertiary alicyclic amines) is 1. The van der Waals surface area contributed by atoms with Crippen LogP contribution in [0.4, 0.5) is 8.78 Å². The molecule has 0 aromatic heterocycles. The van der Waals surface area contributed by atoms with E-state index in [0.29, 0.717) is 23.8 Å². The van der Waals surface area contributed by atoms with E-state index in [1.165, 1.54) is 36.8 Å². The Balaban J connectivity index is 1.47. The fourth-order valence-electron chi connectivity index (χ4n) is 6.29. The average molecular weight is 397 g/mol. The lowest BCUT2D eigenvalue weighted by Crippen LogP contribution is -2.62. The number of ether oxygens (including phenoxy) is 2. The first-order valence-corrected chi connectivity index (χ1v) is 10.9. The number of hydrogen-bond acceptors (Lipinski definition) is 3. The highest BCUT2D eigenvalue weighted by atomic mass is 19.3. The van der Waals surface area contributed by atoms with E-state index in [0.717, 1.165) is 39.0 Å². The highest BCUT2D eigenvalue weighted by Gasteiger charge is 2.54. The Labute approximate surface area is 174 Å². The maximum Gasteiger partial charge on any atom is 0.259 e. The molecule has 152 valence electrons. The van der Waals surface area contributed by atoms with Crippen molar-refractivity contribution in [3.8, 4) is 5.75 Å². The Hall–Kier alpha value is -1.07. The molecule has 0 amide bonds. The van der Waals surface area contributed by atoms with E-state index < -0.39 is 11.8 Å². The molecular formula is C22H27B2F2NO2. The van der Waals surface area contributed by atoms with Crippen LogP contribution in [0, 0.1) is 5.92 Å². The number of piperidine rings is 1. The van der Waals surface area contributed by atoms with Crippen molar-refractivity contribution in [2.24, 2.45) is 5.92 Å². The number of nitrogens with zero attached hydrogens (tertiary/aromatic N) is 1. The Morgan fingerprint density at radius 2 is 2.07 bits per heavy atom. The molecule has 29 heavy (non-hydrogen) atoms. The van der Waals surface area contributed by atoms with Gasteiger partial charge in [-0.2, -0.15) is 0 Å². The first kappa shape index (κ1) is 19.9. The molecule has 5 rings (SSSR count). The van der Waals surface area contributed by atoms with Gasteiger partial charge in [0.25, 0.3) is 6.43 Å². The smallest absolute Gasteiger partial charge is 0.259 e. The number of alkyl halides is 2. The zero-order valence-corrected chi connectivity index (χ0v) is 16.8. The van der Waals surface area contributed by atoms with Crippen molar-refractivity contribution in [2.45, 2.75) is 74.3 Å². The minimum atomic E-state index is -2.96. The van der Waals surface area contributed by atoms with Gasteiger partial charge in [-0.25, -0.2) is 8.78 Å². The van der Waals surface area contributed by atoms with Gasteiger partial charge in [-0.15, -0.1) is 0 Å². The molecule has 7 heteroatoms. The Bertz CT molecular complexity index is 773. The number of fused-ring (bicyclic) bond motifs is 1. The first-order valence-electron chi connectivity index (χ1n) is 10.9. The highest BCUT2D eigenvalue weighted by molar-refractivity contribution is 6.39. The third-order valence-electron chi connectivity index (χ3n) is 7.79. The second-order valence-electron chi connectivity index (χ2n) is 9.38. The summed E-state index contributed by atoms with van der Waals surface area (Å²) in [6, 6.07) is 6.27. The predicted molar refractivity (Wildman–Crippen MR) is 109 cm³/mol. The zero-order chi connectivity index (χ0) is 20.2. The summed E-state index contributed by atoms with van der Waals surface area (Å²) in [5, 5.41) is -2.47. The number of rotatable bonds is 5. The summed E-state index contributed by atoms with van der Waals surface area (Å²) in [5.41, 5.74) is 2.71. The van der Waals surface area contributed by atoms with Gasteiger partial charge in [-0.05, 0) is 67.8 Å². The van der Waals surface area contributed by atoms with E-state index in [4.69, 9.17) is 25.2 Å². The summed E-state index contributed by atoms with van der Waals surface area (Å²) in [5.74, 6) is 0.944. The van der Waals surface area contributed by atoms with Gasteiger partial charge in [0, 0.05) is 24.6 Å². The summed E-state index contributed by atoms with van der Waals surface area (Å²) >= 11 is 0. The molecule has 0 spiro atoms. The van der Waals surface area contributed by atoms with Crippen LogP contribution in [0.1, 0.15) is 49.7 Å². The van der Waals surface area contributed by atoms with Gasteiger partial charge in [0.2, 0.25) is 0 Å². The molecule has 2 bridgehead atoms. The minimum absolute atomic E-state index is 0.115. The Morgan fingerprint density at radius 3 is 2.79 bits per heavy atom. The van der Waals surface area contributed by atoms with Crippen molar-refractivity contribution in [1.29, 1.82) is 0 Å². The molecular weight excluding hydrogens is 370 g/mol. The molecule has 1 aromatic rings. The Kier molecular flexibility index (Phi) is 4.98. The van der Waals surface area contributed by atoms with E-state index in [2.05, 4.69) is 4.90 Å². The molecule has 2 saturated heterocycles. The van der Waals surface area contributed by atoms with Crippen molar-refractivity contribution in [3.63, 3.8) is 0 Å². The van der Waals surface area contributed by atoms with Gasteiger partial charge in [-0.3, -0.25) is 4.90 Å². The summed E-state index contributed by atoms with van der Waals surface area (Å²) in [6.07, 6.45) is 5.56. The minimum Gasteiger partial charge on any atom is -0.501 e. The molecule has 0 N–H and O–H groups in total. The molecule has 4 aliphatic rings. The molecule has 1 saturated carbocycles. The van der Waals surface area contributed by atoms with Gasteiger partial charge in [0.15, 0.2) is 0 Å². The lowest BCUT2D eigenvalue weighted by Gasteiger charge is -2.59. The Morgan fingerprint density at radius 1 is 1.24 bits per heavy atom. The maximum atomic E-state index is 13.1. The first-order chi connectivity index (χ1) is 13.9. The predicted octanol–water partition coefficient (Wildman–Crippen LogP) is 3.17. The van der Waals surface area contributed by atoms with E-state index >= 15 is 0 Å². The van der Waals surface area contributed by atoms with Gasteiger partial charge in [0.1, 0.15) is 21.4 Å². The van der Waals surface area contributed by atoms with Gasteiger partial charge < -0.3 is 9.47 Å². The third kappa shape index (κ3) is 3.33. The molecule has 3 nitrogen and oxygen atoms in total. The molecule has 2 heterocycles. The normalized spacial score (nSPS) is 34.2. The van der Waals surface area contributed by atoms with Crippen molar-refractivity contribution in [2.75, 3.05) is 19.7 Å². The summed E-state index contributed by atoms with van der Waals surface area (Å²) in [6.45, 7) is 3.00. The van der Waals surface area contributed by atoms with Crippen LogP contribution in [0.15, 0.2) is 18.2 Å². The van der Waals surface area contributed by atoms with Crippen LogP contribution in [0.2, 0.25) is 0 Å². The zero-order valence-electron chi connectivity index (χ0n) is 16.8. The van der Waals surface area contributed by atoms with Crippen molar-refractivity contribution >= 4 is 15.7 Å². The van der Waals surface area contributed by atoms with Crippen LogP contribution < -0.4 is 4.74 Å². The van der Waals surface area contributed by atoms with Gasteiger partial charge >= 0.3 is 0 Å². The SMILES string of the molecule is [B]C([B])(Oc1ccc2c(c1)[C@]13CCCC[C@@H]1[C@H](C2)N(CC1CCO1)CC3)C(F)F. The van der Waals surface area contributed by atoms with Gasteiger partial charge in [-0.1, -0.05) is 18.9 Å². The second-order valence-corrected chi connectivity index (χ2v) is 9.38. The van der Waals surface area contributed by atoms with E-state index in [1.54, 1.807) is 6.07 Å². The van der Waals surface area contributed by atoms with Crippen LogP contribution in [0.5, 0.6) is 5.75 Å². The van der Waals surface area contributed by atoms with Crippen LogP contribution in [-0.2, 0) is 16.6 Å². The molecule has 2 aliphatic carbocycles. The van der Waals surface area contributed by atoms with Crippen molar-refractivity contribution in [3.05, 3.63) is 29.3 Å². The summed E-state index contributed by atoms with van der Waals surface area (Å²) in [4.78, 5) is 2.66. The van der Waals surface area contributed by atoms with Crippen molar-refractivity contribution in [1.82, 2.24) is 4.90 Å². The molecule has 1 unspecified atom stereocenters.